The van der Waals surface area contributed by atoms with E-state index < -0.39 is 0 Å². The van der Waals surface area contributed by atoms with Crippen LogP contribution in [0, 0.1) is 0 Å². The molecule has 0 saturated carbocycles. The number of benzene rings is 3. The largest absolute Gasteiger partial charge is 0.496 e. The molecule has 226 valence electrons. The molecular formula is C34H44N2O6. The third-order valence-electron chi connectivity index (χ3n) is 7.43. The van der Waals surface area contributed by atoms with Crippen LogP contribution in [-0.4, -0.2) is 65.7 Å². The molecule has 1 saturated heterocycles. The zero-order valence-corrected chi connectivity index (χ0v) is 24.8. The summed E-state index contributed by atoms with van der Waals surface area (Å²) in [7, 11) is 3.33. The predicted molar refractivity (Wildman–Crippen MR) is 163 cm³/mol. The number of ether oxygens (including phenoxy) is 5. The molecule has 1 aliphatic rings. The van der Waals surface area contributed by atoms with Crippen LogP contribution in [0.1, 0.15) is 41.9 Å². The molecular weight excluding hydrogens is 532 g/mol. The molecule has 42 heavy (non-hydrogen) atoms. The number of hydrogen-bond donors (Lipinski definition) is 2. The first kappa shape index (κ1) is 31.3. The zero-order valence-electron chi connectivity index (χ0n) is 24.8. The second-order valence-corrected chi connectivity index (χ2v) is 10.3. The average molecular weight is 577 g/mol. The van der Waals surface area contributed by atoms with E-state index in [1.807, 2.05) is 60.7 Å². The van der Waals surface area contributed by atoms with Gasteiger partial charge in [-0.25, -0.2) is 0 Å². The summed E-state index contributed by atoms with van der Waals surface area (Å²) in [5.74, 6) is 2.85. The fourth-order valence-corrected chi connectivity index (χ4v) is 5.13. The number of nitrogens with one attached hydrogen (secondary N) is 2. The van der Waals surface area contributed by atoms with Crippen molar-refractivity contribution in [3.05, 3.63) is 89.5 Å². The molecule has 4 rings (SSSR count). The van der Waals surface area contributed by atoms with Crippen LogP contribution in [0.25, 0.3) is 0 Å². The van der Waals surface area contributed by atoms with E-state index in [0.29, 0.717) is 51.8 Å². The van der Waals surface area contributed by atoms with Crippen LogP contribution < -0.4 is 24.8 Å². The van der Waals surface area contributed by atoms with E-state index >= 15 is 0 Å². The van der Waals surface area contributed by atoms with Gasteiger partial charge >= 0.3 is 0 Å². The third kappa shape index (κ3) is 9.76. The molecule has 0 radical (unpaired) electrons. The topological polar surface area (TPSA) is 87.3 Å². The Morgan fingerprint density at radius 3 is 2.43 bits per heavy atom. The number of methoxy groups -OCH3 is 1. The molecule has 1 heterocycles. The lowest BCUT2D eigenvalue weighted by atomic mass is 9.88. The van der Waals surface area contributed by atoms with Gasteiger partial charge in [0.15, 0.2) is 0 Å². The van der Waals surface area contributed by atoms with E-state index in [4.69, 9.17) is 23.7 Å². The van der Waals surface area contributed by atoms with Gasteiger partial charge in [0, 0.05) is 37.9 Å². The van der Waals surface area contributed by atoms with Crippen molar-refractivity contribution in [2.75, 3.05) is 53.7 Å². The van der Waals surface area contributed by atoms with E-state index in [1.165, 1.54) is 5.56 Å². The highest BCUT2D eigenvalue weighted by Gasteiger charge is 2.27. The number of piperidine rings is 1. The second-order valence-electron chi connectivity index (χ2n) is 10.3. The predicted octanol–water partition coefficient (Wildman–Crippen LogP) is 4.90. The molecule has 1 amide bonds. The molecule has 0 spiro atoms. The van der Waals surface area contributed by atoms with Crippen molar-refractivity contribution < 1.29 is 28.5 Å². The Hall–Kier alpha value is -3.59. The number of para-hydroxylation sites is 2. The van der Waals surface area contributed by atoms with Crippen molar-refractivity contribution in [3.8, 4) is 17.2 Å². The summed E-state index contributed by atoms with van der Waals surface area (Å²) < 4.78 is 29.5. The smallest absolute Gasteiger partial charge is 0.220 e. The molecule has 3 aromatic rings. The summed E-state index contributed by atoms with van der Waals surface area (Å²) in [6, 6.07) is 24.2. The van der Waals surface area contributed by atoms with Crippen molar-refractivity contribution in [2.24, 2.45) is 0 Å². The monoisotopic (exact) mass is 576 g/mol. The van der Waals surface area contributed by atoms with Gasteiger partial charge in [-0.05, 0) is 54.8 Å². The summed E-state index contributed by atoms with van der Waals surface area (Å²) >= 11 is 0. The molecule has 0 aliphatic carbocycles. The Labute approximate surface area is 249 Å². The second kappa shape index (κ2) is 17.4. The quantitative estimate of drug-likeness (QED) is 0.221. The van der Waals surface area contributed by atoms with Gasteiger partial charge in [-0.15, -0.1) is 0 Å². The maximum absolute atomic E-state index is 11.6. The highest BCUT2D eigenvalue weighted by molar-refractivity contribution is 5.75. The molecule has 2 N–H and O–H groups in total. The Bertz CT molecular complexity index is 1220. The maximum Gasteiger partial charge on any atom is 0.220 e. The first-order valence-electron chi connectivity index (χ1n) is 14.8. The van der Waals surface area contributed by atoms with Crippen LogP contribution >= 0.6 is 0 Å². The minimum absolute atomic E-state index is 0.0226. The number of hydrogen-bond acceptors (Lipinski definition) is 7. The van der Waals surface area contributed by atoms with Crippen molar-refractivity contribution in [3.63, 3.8) is 0 Å². The van der Waals surface area contributed by atoms with Gasteiger partial charge in [-0.1, -0.05) is 48.5 Å². The minimum atomic E-state index is 0.0226. The standard InChI is InChI=1S/C34H44N2O6/c1-35-34(37)17-14-27-8-3-6-11-32(27)41-22-23-42-33-24-36-19-18-30(33)26-12-15-29(16-13-26)40-21-7-20-39-25-28-9-4-5-10-31(28)38-2/h3-6,8-13,15-16,30,33,36H,7,14,17-25H2,1-2H3,(H,35,37). The molecule has 0 bridgehead atoms. The summed E-state index contributed by atoms with van der Waals surface area (Å²) in [6.45, 7) is 4.46. The summed E-state index contributed by atoms with van der Waals surface area (Å²) in [5, 5.41) is 6.13. The van der Waals surface area contributed by atoms with Gasteiger partial charge < -0.3 is 34.3 Å². The number of amides is 1. The van der Waals surface area contributed by atoms with E-state index in [0.717, 1.165) is 54.3 Å². The fourth-order valence-electron chi connectivity index (χ4n) is 5.13. The van der Waals surface area contributed by atoms with Crippen molar-refractivity contribution in [2.45, 2.75) is 44.3 Å². The first-order valence-corrected chi connectivity index (χ1v) is 14.8. The van der Waals surface area contributed by atoms with Crippen molar-refractivity contribution in [1.29, 1.82) is 0 Å². The number of rotatable bonds is 17. The fraction of sp³-hybridized carbons (Fsp3) is 0.441. The molecule has 3 aromatic carbocycles. The average Bonchev–Trinajstić information content (AvgIpc) is 3.04. The van der Waals surface area contributed by atoms with Crippen LogP contribution in [0.2, 0.25) is 0 Å². The van der Waals surface area contributed by atoms with E-state index in [-0.39, 0.29) is 12.0 Å². The Kier molecular flexibility index (Phi) is 13.0. The van der Waals surface area contributed by atoms with Crippen molar-refractivity contribution >= 4 is 5.91 Å². The van der Waals surface area contributed by atoms with Crippen LogP contribution in [0.5, 0.6) is 17.2 Å². The number of carbonyl (C=O) groups is 1. The Morgan fingerprint density at radius 1 is 0.881 bits per heavy atom. The minimum Gasteiger partial charge on any atom is -0.496 e. The lowest BCUT2D eigenvalue weighted by molar-refractivity contribution is -0.120. The van der Waals surface area contributed by atoms with Gasteiger partial charge in [-0.2, -0.15) is 0 Å². The summed E-state index contributed by atoms with van der Waals surface area (Å²) in [4.78, 5) is 11.6. The summed E-state index contributed by atoms with van der Waals surface area (Å²) in [5.41, 5.74) is 3.33. The molecule has 8 heteroatoms. The molecule has 1 aliphatic heterocycles. The van der Waals surface area contributed by atoms with E-state index in [9.17, 15) is 4.79 Å². The number of aryl methyl sites for hydroxylation is 1. The molecule has 2 unspecified atom stereocenters. The normalized spacial score (nSPS) is 16.5. The first-order chi connectivity index (χ1) is 20.7. The van der Waals surface area contributed by atoms with E-state index in [1.54, 1.807) is 14.2 Å². The maximum atomic E-state index is 11.6. The SMILES string of the molecule is CNC(=O)CCc1ccccc1OCCOC1CNCCC1c1ccc(OCCCOCc2ccccc2OC)cc1. The molecule has 1 fully saturated rings. The van der Waals surface area contributed by atoms with Crippen LogP contribution in [-0.2, 0) is 27.3 Å². The van der Waals surface area contributed by atoms with Gasteiger partial charge in [-0.3, -0.25) is 4.79 Å². The lowest BCUT2D eigenvalue weighted by Crippen LogP contribution is -2.41. The van der Waals surface area contributed by atoms with E-state index in [2.05, 4.69) is 22.8 Å². The molecule has 0 aromatic heterocycles. The van der Waals surface area contributed by atoms with Gasteiger partial charge in [0.2, 0.25) is 5.91 Å². The molecule has 8 nitrogen and oxygen atoms in total. The lowest BCUT2D eigenvalue weighted by Gasteiger charge is -2.32. The Balaban J connectivity index is 1.17. The highest BCUT2D eigenvalue weighted by Crippen LogP contribution is 2.29. The highest BCUT2D eigenvalue weighted by atomic mass is 16.5. The Morgan fingerprint density at radius 2 is 1.64 bits per heavy atom. The molecule has 2 atom stereocenters. The van der Waals surface area contributed by atoms with Crippen molar-refractivity contribution in [1.82, 2.24) is 10.6 Å². The van der Waals surface area contributed by atoms with Gasteiger partial charge in [0.25, 0.3) is 0 Å². The van der Waals surface area contributed by atoms with Crippen LogP contribution in [0.4, 0.5) is 0 Å². The zero-order chi connectivity index (χ0) is 29.4. The third-order valence-corrected chi connectivity index (χ3v) is 7.43. The van der Waals surface area contributed by atoms with Crippen LogP contribution in [0.3, 0.4) is 0 Å². The van der Waals surface area contributed by atoms with Gasteiger partial charge in [0.05, 0.1) is 39.6 Å². The summed E-state index contributed by atoms with van der Waals surface area (Å²) in [6.07, 6.45) is 2.96. The number of carbonyl (C=O) groups excluding carboxylic acids is 1. The van der Waals surface area contributed by atoms with Gasteiger partial charge in [0.1, 0.15) is 23.9 Å². The van der Waals surface area contributed by atoms with Crippen LogP contribution in [0.15, 0.2) is 72.8 Å².